The maximum atomic E-state index is 11.8. The Labute approximate surface area is 120 Å². The minimum absolute atomic E-state index is 0.231. The Hall–Kier alpha value is -1.56. The highest BCUT2D eigenvalue weighted by atomic mass is 127. The lowest BCUT2D eigenvalue weighted by Crippen LogP contribution is -2.19. The van der Waals surface area contributed by atoms with E-state index in [2.05, 4.69) is 33.2 Å². The summed E-state index contributed by atoms with van der Waals surface area (Å²) in [5.41, 5.74) is 2.65. The van der Waals surface area contributed by atoms with E-state index in [1.54, 1.807) is 0 Å². The fourth-order valence-corrected chi connectivity index (χ4v) is 2.22. The maximum absolute atomic E-state index is 11.8. The first-order valence-corrected chi connectivity index (χ1v) is 6.62. The molecule has 2 rings (SSSR count). The standard InChI is InChI=1S/C14H13IN2O/c1-10-9-11(15)7-8-13(10)17-14(18)16-12-5-3-2-4-6-12/h2-9H,1H3,(H2,16,17,18). The monoisotopic (exact) mass is 352 g/mol. The minimum atomic E-state index is -0.231. The van der Waals surface area contributed by atoms with E-state index in [0.29, 0.717) is 0 Å². The van der Waals surface area contributed by atoms with Crippen LogP contribution in [0.15, 0.2) is 48.5 Å². The van der Waals surface area contributed by atoms with Crippen LogP contribution >= 0.6 is 22.6 Å². The van der Waals surface area contributed by atoms with Crippen molar-refractivity contribution in [3.05, 3.63) is 57.7 Å². The summed E-state index contributed by atoms with van der Waals surface area (Å²) in [7, 11) is 0. The van der Waals surface area contributed by atoms with Crippen molar-refractivity contribution in [2.45, 2.75) is 6.92 Å². The summed E-state index contributed by atoms with van der Waals surface area (Å²) in [6.07, 6.45) is 0. The summed E-state index contributed by atoms with van der Waals surface area (Å²) >= 11 is 2.25. The highest BCUT2D eigenvalue weighted by Gasteiger charge is 2.04. The Morgan fingerprint density at radius 1 is 1.06 bits per heavy atom. The molecule has 92 valence electrons. The van der Waals surface area contributed by atoms with Gasteiger partial charge in [0.25, 0.3) is 0 Å². The summed E-state index contributed by atoms with van der Waals surface area (Å²) in [6.45, 7) is 1.97. The number of aryl methyl sites for hydroxylation is 1. The number of carbonyl (C=O) groups excluding carboxylic acids is 1. The predicted octanol–water partition coefficient (Wildman–Crippen LogP) is 4.24. The maximum Gasteiger partial charge on any atom is 0.323 e. The first-order chi connectivity index (χ1) is 8.65. The van der Waals surface area contributed by atoms with E-state index in [1.165, 1.54) is 0 Å². The van der Waals surface area contributed by atoms with Gasteiger partial charge in [-0.15, -0.1) is 0 Å². The number of rotatable bonds is 2. The Morgan fingerprint density at radius 2 is 1.78 bits per heavy atom. The molecule has 4 heteroatoms. The quantitative estimate of drug-likeness (QED) is 0.780. The highest BCUT2D eigenvalue weighted by molar-refractivity contribution is 14.1. The molecule has 0 unspecified atom stereocenters. The molecule has 0 bridgehead atoms. The lowest BCUT2D eigenvalue weighted by atomic mass is 10.2. The van der Waals surface area contributed by atoms with Gasteiger partial charge in [0.15, 0.2) is 0 Å². The van der Waals surface area contributed by atoms with Crippen LogP contribution in [0.5, 0.6) is 0 Å². The lowest BCUT2D eigenvalue weighted by Gasteiger charge is -2.10. The van der Waals surface area contributed by atoms with Crippen molar-refractivity contribution < 1.29 is 4.79 Å². The van der Waals surface area contributed by atoms with Gasteiger partial charge >= 0.3 is 6.03 Å². The van der Waals surface area contributed by atoms with Gasteiger partial charge in [0.05, 0.1) is 0 Å². The molecular formula is C14H13IN2O. The number of para-hydroxylation sites is 1. The Balaban J connectivity index is 2.03. The molecule has 0 aliphatic carbocycles. The normalized spacial score (nSPS) is 9.89. The SMILES string of the molecule is Cc1cc(I)ccc1NC(=O)Nc1ccccc1. The van der Waals surface area contributed by atoms with Crippen LogP contribution in [0.3, 0.4) is 0 Å². The molecular weight excluding hydrogens is 339 g/mol. The zero-order chi connectivity index (χ0) is 13.0. The van der Waals surface area contributed by atoms with Gasteiger partial charge in [-0.1, -0.05) is 18.2 Å². The number of hydrogen-bond acceptors (Lipinski definition) is 1. The average molecular weight is 352 g/mol. The van der Waals surface area contributed by atoms with Gasteiger partial charge in [-0.05, 0) is 65.4 Å². The van der Waals surface area contributed by atoms with Gasteiger partial charge in [0.1, 0.15) is 0 Å². The predicted molar refractivity (Wildman–Crippen MR) is 83.0 cm³/mol. The van der Waals surface area contributed by atoms with Crippen molar-refractivity contribution in [1.82, 2.24) is 0 Å². The van der Waals surface area contributed by atoms with Crippen LogP contribution in [0.1, 0.15) is 5.56 Å². The summed E-state index contributed by atoms with van der Waals surface area (Å²) in [5.74, 6) is 0. The van der Waals surface area contributed by atoms with Crippen molar-refractivity contribution in [3.8, 4) is 0 Å². The van der Waals surface area contributed by atoms with Gasteiger partial charge in [-0.2, -0.15) is 0 Å². The molecule has 0 heterocycles. The number of urea groups is 1. The first kappa shape index (κ1) is 12.9. The van der Waals surface area contributed by atoms with E-state index < -0.39 is 0 Å². The van der Waals surface area contributed by atoms with Gasteiger partial charge in [0.2, 0.25) is 0 Å². The molecule has 0 aromatic heterocycles. The molecule has 2 aromatic carbocycles. The number of carbonyl (C=O) groups is 1. The van der Waals surface area contributed by atoms with Crippen molar-refractivity contribution in [2.75, 3.05) is 10.6 Å². The second-order valence-corrected chi connectivity index (χ2v) is 5.15. The molecule has 3 nitrogen and oxygen atoms in total. The van der Waals surface area contributed by atoms with Crippen molar-refractivity contribution in [1.29, 1.82) is 0 Å². The molecule has 0 saturated heterocycles. The smallest absolute Gasteiger partial charge is 0.308 e. The number of nitrogens with one attached hydrogen (secondary N) is 2. The van der Waals surface area contributed by atoms with E-state index in [0.717, 1.165) is 20.5 Å². The van der Waals surface area contributed by atoms with Crippen LogP contribution in [0.2, 0.25) is 0 Å². The topological polar surface area (TPSA) is 41.1 Å². The molecule has 2 aromatic rings. The first-order valence-electron chi connectivity index (χ1n) is 5.54. The zero-order valence-corrected chi connectivity index (χ0v) is 12.1. The van der Waals surface area contributed by atoms with E-state index in [9.17, 15) is 4.79 Å². The van der Waals surface area contributed by atoms with Gasteiger partial charge in [0, 0.05) is 14.9 Å². The molecule has 0 spiro atoms. The fraction of sp³-hybridized carbons (Fsp3) is 0.0714. The second-order valence-electron chi connectivity index (χ2n) is 3.90. The Bertz CT molecular complexity index is 555. The number of halogens is 1. The molecule has 2 amide bonds. The molecule has 18 heavy (non-hydrogen) atoms. The summed E-state index contributed by atoms with van der Waals surface area (Å²) < 4.78 is 1.15. The molecule has 0 aliphatic heterocycles. The van der Waals surface area contributed by atoms with Gasteiger partial charge in [-0.25, -0.2) is 4.79 Å². The second kappa shape index (κ2) is 5.86. The highest BCUT2D eigenvalue weighted by Crippen LogP contribution is 2.18. The Morgan fingerprint density at radius 3 is 2.44 bits per heavy atom. The third-order valence-electron chi connectivity index (χ3n) is 2.47. The largest absolute Gasteiger partial charge is 0.323 e. The molecule has 0 atom stereocenters. The summed E-state index contributed by atoms with van der Waals surface area (Å²) in [4.78, 5) is 11.8. The average Bonchev–Trinajstić information content (AvgIpc) is 2.34. The van der Waals surface area contributed by atoms with Crippen LogP contribution in [0.25, 0.3) is 0 Å². The minimum Gasteiger partial charge on any atom is -0.308 e. The van der Waals surface area contributed by atoms with Crippen molar-refractivity contribution >= 4 is 40.0 Å². The molecule has 0 fully saturated rings. The van der Waals surface area contributed by atoms with Crippen LogP contribution in [-0.2, 0) is 0 Å². The number of anilines is 2. The third kappa shape index (κ3) is 3.46. The molecule has 0 radical (unpaired) electrons. The molecule has 0 aliphatic rings. The Kier molecular flexibility index (Phi) is 4.19. The van der Waals surface area contributed by atoms with Crippen molar-refractivity contribution in [2.24, 2.45) is 0 Å². The summed E-state index contributed by atoms with van der Waals surface area (Å²) in [5, 5.41) is 5.61. The van der Waals surface area contributed by atoms with Crippen LogP contribution in [0.4, 0.5) is 16.2 Å². The van der Waals surface area contributed by atoms with Crippen LogP contribution in [-0.4, -0.2) is 6.03 Å². The van der Waals surface area contributed by atoms with Crippen LogP contribution < -0.4 is 10.6 Å². The number of amides is 2. The number of hydrogen-bond donors (Lipinski definition) is 2. The van der Waals surface area contributed by atoms with Crippen LogP contribution in [0, 0.1) is 10.5 Å². The molecule has 2 N–H and O–H groups in total. The summed E-state index contributed by atoms with van der Waals surface area (Å²) in [6, 6.07) is 15.0. The third-order valence-corrected chi connectivity index (χ3v) is 3.14. The van der Waals surface area contributed by atoms with Gasteiger partial charge < -0.3 is 10.6 Å². The van der Waals surface area contributed by atoms with E-state index in [-0.39, 0.29) is 6.03 Å². The van der Waals surface area contributed by atoms with E-state index in [4.69, 9.17) is 0 Å². The number of benzene rings is 2. The van der Waals surface area contributed by atoms with Crippen molar-refractivity contribution in [3.63, 3.8) is 0 Å². The van der Waals surface area contributed by atoms with E-state index >= 15 is 0 Å². The molecule has 0 saturated carbocycles. The van der Waals surface area contributed by atoms with Gasteiger partial charge in [-0.3, -0.25) is 0 Å². The zero-order valence-electron chi connectivity index (χ0n) is 9.91. The lowest BCUT2D eigenvalue weighted by molar-refractivity contribution is 0.262. The fourth-order valence-electron chi connectivity index (χ4n) is 1.57. The van der Waals surface area contributed by atoms with E-state index in [1.807, 2.05) is 55.5 Å².